The highest BCUT2D eigenvalue weighted by Crippen LogP contribution is 2.27. The van der Waals surface area contributed by atoms with Crippen LogP contribution in [0.2, 0.25) is 0 Å². The minimum atomic E-state index is -0.776. The average Bonchev–Trinajstić information content (AvgIpc) is 3.08. The molecule has 1 fully saturated rings. The molecule has 134 valence electrons. The highest BCUT2D eigenvalue weighted by molar-refractivity contribution is 5.92. The van der Waals surface area contributed by atoms with E-state index in [0.29, 0.717) is 31.9 Å². The van der Waals surface area contributed by atoms with E-state index >= 15 is 0 Å². The van der Waals surface area contributed by atoms with E-state index in [9.17, 15) is 13.6 Å². The van der Waals surface area contributed by atoms with Crippen LogP contribution in [0.1, 0.15) is 12.8 Å². The monoisotopic (exact) mass is 357 g/mol. The van der Waals surface area contributed by atoms with Gasteiger partial charge in [0.05, 0.1) is 5.69 Å². The number of benzene rings is 2. The summed E-state index contributed by atoms with van der Waals surface area (Å²) in [6.07, 6.45) is 1.21. The van der Waals surface area contributed by atoms with E-state index in [1.165, 1.54) is 6.07 Å². The van der Waals surface area contributed by atoms with Crippen LogP contribution in [-0.2, 0) is 4.79 Å². The molecule has 4 rings (SSSR count). The molecular weight excluding hydrogens is 340 g/mol. The summed E-state index contributed by atoms with van der Waals surface area (Å²) in [5.41, 5.74) is 1.53. The van der Waals surface area contributed by atoms with Crippen molar-refractivity contribution in [3.63, 3.8) is 0 Å². The van der Waals surface area contributed by atoms with Gasteiger partial charge in [-0.2, -0.15) is 4.98 Å². The second-order valence-corrected chi connectivity index (χ2v) is 6.34. The van der Waals surface area contributed by atoms with Crippen LogP contribution < -0.4 is 10.2 Å². The maximum atomic E-state index is 13.7. The number of hydrogen-bond acceptors (Lipinski definition) is 4. The molecule has 2 heterocycles. The Kier molecular flexibility index (Phi) is 4.28. The maximum Gasteiger partial charge on any atom is 0.298 e. The standard InChI is InChI=1S/C19H17F2N3O2/c20-13-5-6-15(14(21)11-13)22-18(25)12-7-9-24(10-8-12)19-23-16-3-1-2-4-17(16)26-19/h1-6,11-12H,7-10H2,(H,22,25). The molecule has 1 aliphatic rings. The van der Waals surface area contributed by atoms with Crippen molar-refractivity contribution in [3.05, 3.63) is 54.1 Å². The molecule has 3 aromatic rings. The van der Waals surface area contributed by atoms with Crippen LogP contribution in [0, 0.1) is 17.6 Å². The van der Waals surface area contributed by atoms with Gasteiger partial charge in [-0.25, -0.2) is 8.78 Å². The lowest BCUT2D eigenvalue weighted by Gasteiger charge is -2.30. The fraction of sp³-hybridized carbons (Fsp3) is 0.263. The van der Waals surface area contributed by atoms with Crippen LogP contribution in [0.3, 0.4) is 0 Å². The van der Waals surface area contributed by atoms with Crippen molar-refractivity contribution in [2.45, 2.75) is 12.8 Å². The number of halogens is 2. The first kappa shape index (κ1) is 16.5. The SMILES string of the molecule is O=C(Nc1ccc(F)cc1F)C1CCN(c2nc3ccccc3o2)CC1. The molecule has 0 saturated carbocycles. The van der Waals surface area contributed by atoms with Crippen molar-refractivity contribution in [2.75, 3.05) is 23.3 Å². The number of piperidine rings is 1. The molecule has 0 aliphatic carbocycles. The number of anilines is 2. The predicted molar refractivity (Wildman–Crippen MR) is 93.9 cm³/mol. The van der Waals surface area contributed by atoms with E-state index in [1.807, 2.05) is 29.2 Å². The number of nitrogens with zero attached hydrogens (tertiary/aromatic N) is 2. The van der Waals surface area contributed by atoms with E-state index in [1.54, 1.807) is 0 Å². The lowest BCUT2D eigenvalue weighted by molar-refractivity contribution is -0.120. The number of para-hydroxylation sites is 2. The molecule has 1 saturated heterocycles. The molecule has 0 bridgehead atoms. The van der Waals surface area contributed by atoms with Gasteiger partial charge in [0.2, 0.25) is 5.91 Å². The molecule has 7 heteroatoms. The van der Waals surface area contributed by atoms with Crippen LogP contribution in [0.4, 0.5) is 20.5 Å². The molecule has 2 aromatic carbocycles. The Morgan fingerprint density at radius 1 is 1.15 bits per heavy atom. The van der Waals surface area contributed by atoms with E-state index in [-0.39, 0.29) is 17.5 Å². The van der Waals surface area contributed by atoms with Gasteiger partial charge in [0, 0.05) is 25.1 Å². The van der Waals surface area contributed by atoms with Crippen molar-refractivity contribution >= 4 is 28.7 Å². The fourth-order valence-electron chi connectivity index (χ4n) is 3.15. The Bertz CT molecular complexity index is 916. The smallest absolute Gasteiger partial charge is 0.298 e. The topological polar surface area (TPSA) is 58.4 Å². The van der Waals surface area contributed by atoms with Gasteiger partial charge in [0.25, 0.3) is 6.01 Å². The van der Waals surface area contributed by atoms with Crippen LogP contribution >= 0.6 is 0 Å². The second kappa shape index (κ2) is 6.74. The fourth-order valence-corrected chi connectivity index (χ4v) is 3.15. The Morgan fingerprint density at radius 2 is 1.92 bits per heavy atom. The first-order chi connectivity index (χ1) is 12.6. The van der Waals surface area contributed by atoms with E-state index in [0.717, 1.165) is 23.2 Å². The molecule has 0 atom stereocenters. The van der Waals surface area contributed by atoms with Crippen molar-refractivity contribution in [1.29, 1.82) is 0 Å². The molecule has 1 aliphatic heterocycles. The van der Waals surface area contributed by atoms with Gasteiger partial charge in [0.15, 0.2) is 5.58 Å². The lowest BCUT2D eigenvalue weighted by Crippen LogP contribution is -2.38. The zero-order chi connectivity index (χ0) is 18.1. The molecule has 0 radical (unpaired) electrons. The van der Waals surface area contributed by atoms with Gasteiger partial charge < -0.3 is 14.6 Å². The van der Waals surface area contributed by atoms with E-state index < -0.39 is 11.6 Å². The highest BCUT2D eigenvalue weighted by atomic mass is 19.1. The van der Waals surface area contributed by atoms with Crippen LogP contribution in [0.5, 0.6) is 0 Å². The van der Waals surface area contributed by atoms with Crippen molar-refractivity contribution in [2.24, 2.45) is 5.92 Å². The molecule has 0 spiro atoms. The lowest BCUT2D eigenvalue weighted by atomic mass is 9.96. The van der Waals surface area contributed by atoms with Gasteiger partial charge in [-0.05, 0) is 37.1 Å². The zero-order valence-corrected chi connectivity index (χ0v) is 13.9. The zero-order valence-electron chi connectivity index (χ0n) is 13.9. The summed E-state index contributed by atoms with van der Waals surface area (Å²) in [5, 5.41) is 2.55. The quantitative estimate of drug-likeness (QED) is 0.771. The Balaban J connectivity index is 1.39. The molecule has 1 aromatic heterocycles. The van der Waals surface area contributed by atoms with Crippen molar-refractivity contribution in [1.82, 2.24) is 4.98 Å². The Labute approximate surface area is 148 Å². The number of nitrogens with one attached hydrogen (secondary N) is 1. The van der Waals surface area contributed by atoms with Crippen LogP contribution in [0.15, 0.2) is 46.9 Å². The van der Waals surface area contributed by atoms with Gasteiger partial charge in [-0.15, -0.1) is 0 Å². The molecule has 5 nitrogen and oxygen atoms in total. The van der Waals surface area contributed by atoms with Crippen molar-refractivity contribution in [3.8, 4) is 0 Å². The molecule has 0 unspecified atom stereocenters. The number of aromatic nitrogens is 1. The van der Waals surface area contributed by atoms with Gasteiger partial charge in [-0.1, -0.05) is 12.1 Å². The summed E-state index contributed by atoms with van der Waals surface area (Å²) in [6.45, 7) is 1.24. The molecular formula is C19H17F2N3O2. The van der Waals surface area contributed by atoms with Crippen LogP contribution in [0.25, 0.3) is 11.1 Å². The third kappa shape index (κ3) is 3.24. The summed E-state index contributed by atoms with van der Waals surface area (Å²) in [7, 11) is 0. The number of carbonyl (C=O) groups is 1. The molecule has 1 N–H and O–H groups in total. The minimum Gasteiger partial charge on any atom is -0.423 e. The number of oxazole rings is 1. The number of rotatable bonds is 3. The molecule has 26 heavy (non-hydrogen) atoms. The third-order valence-electron chi connectivity index (χ3n) is 4.61. The largest absolute Gasteiger partial charge is 0.423 e. The molecule has 1 amide bonds. The minimum absolute atomic E-state index is 0.00206. The van der Waals surface area contributed by atoms with Gasteiger partial charge in [-0.3, -0.25) is 4.79 Å². The highest BCUT2D eigenvalue weighted by Gasteiger charge is 2.27. The second-order valence-electron chi connectivity index (χ2n) is 6.34. The number of carbonyl (C=O) groups excluding carboxylic acids is 1. The summed E-state index contributed by atoms with van der Waals surface area (Å²) in [5.74, 6) is -1.94. The number of amides is 1. The van der Waals surface area contributed by atoms with E-state index in [2.05, 4.69) is 10.3 Å². The van der Waals surface area contributed by atoms with E-state index in [4.69, 9.17) is 4.42 Å². The Hall–Kier alpha value is -2.96. The number of hydrogen-bond donors (Lipinski definition) is 1. The summed E-state index contributed by atoms with van der Waals surface area (Å²) in [6, 6.07) is 11.2. The van der Waals surface area contributed by atoms with Gasteiger partial charge in [0.1, 0.15) is 17.2 Å². The Morgan fingerprint density at radius 3 is 2.65 bits per heavy atom. The van der Waals surface area contributed by atoms with Gasteiger partial charge >= 0.3 is 0 Å². The third-order valence-corrected chi connectivity index (χ3v) is 4.61. The van der Waals surface area contributed by atoms with Crippen molar-refractivity contribution < 1.29 is 18.0 Å². The normalized spacial score (nSPS) is 15.4. The predicted octanol–water partition coefficient (Wildman–Crippen LogP) is 3.96. The first-order valence-electron chi connectivity index (χ1n) is 8.46. The number of fused-ring (bicyclic) bond motifs is 1. The van der Waals surface area contributed by atoms with Crippen LogP contribution in [-0.4, -0.2) is 24.0 Å². The summed E-state index contributed by atoms with van der Waals surface area (Å²) in [4.78, 5) is 18.8. The maximum absolute atomic E-state index is 13.7. The summed E-state index contributed by atoms with van der Waals surface area (Å²) < 4.78 is 32.4. The first-order valence-corrected chi connectivity index (χ1v) is 8.46. The average molecular weight is 357 g/mol. The summed E-state index contributed by atoms with van der Waals surface area (Å²) >= 11 is 0.